The predicted molar refractivity (Wildman–Crippen MR) is 87.7 cm³/mol. The van der Waals surface area contributed by atoms with Crippen LogP contribution in [0.15, 0.2) is 33.9 Å². The Bertz CT molecular complexity index is 854. The summed E-state index contributed by atoms with van der Waals surface area (Å²) in [6.45, 7) is 2.01. The molecule has 132 valence electrons. The summed E-state index contributed by atoms with van der Waals surface area (Å²) < 4.78 is 20.7. The quantitative estimate of drug-likeness (QED) is 0.774. The lowest BCUT2D eigenvalue weighted by Crippen LogP contribution is -2.38. The normalized spacial score (nSPS) is 14.8. The molecule has 2 heterocycles. The Morgan fingerprint density at radius 3 is 2.68 bits per heavy atom. The molecule has 25 heavy (non-hydrogen) atoms. The molecule has 0 bridgehead atoms. The highest BCUT2D eigenvalue weighted by Crippen LogP contribution is 2.29. The number of benzene rings is 1. The molecule has 0 N–H and O–H groups in total. The largest absolute Gasteiger partial charge is 0.466 e. The Balaban J connectivity index is 2.09. The van der Waals surface area contributed by atoms with E-state index in [1.807, 2.05) is 6.92 Å². The van der Waals surface area contributed by atoms with E-state index in [0.717, 1.165) is 5.52 Å². The molecule has 0 aliphatic carbocycles. The van der Waals surface area contributed by atoms with Crippen LogP contribution in [0.25, 0.3) is 11.1 Å². The Kier molecular flexibility index (Phi) is 4.71. The second-order valence-electron chi connectivity index (χ2n) is 5.33. The van der Waals surface area contributed by atoms with E-state index in [1.54, 1.807) is 23.1 Å². The third-order valence-corrected chi connectivity index (χ3v) is 3.86. The molecule has 2 aromatic rings. The average Bonchev–Trinajstić information content (AvgIpc) is 3.08. The molecular weight excluding hydrogens is 328 g/mol. The minimum absolute atomic E-state index is 0.0296. The summed E-state index contributed by atoms with van der Waals surface area (Å²) in [6.07, 6.45) is 0.677. The molecule has 1 aromatic heterocycles. The van der Waals surface area contributed by atoms with Gasteiger partial charge in [0.2, 0.25) is 0 Å². The second-order valence-corrected chi connectivity index (χ2v) is 5.33. The van der Waals surface area contributed by atoms with Crippen molar-refractivity contribution in [1.29, 1.82) is 0 Å². The number of aromatic nitrogens is 1. The Labute approximate surface area is 144 Å². The summed E-state index contributed by atoms with van der Waals surface area (Å²) in [5, 5.41) is 0. The molecule has 0 spiro atoms. The zero-order valence-corrected chi connectivity index (χ0v) is 14.2. The Morgan fingerprint density at radius 2 is 2.00 bits per heavy atom. The number of aryl methyl sites for hydroxylation is 1. The molecule has 0 radical (unpaired) electrons. The minimum atomic E-state index is -0.643. The van der Waals surface area contributed by atoms with E-state index in [-0.39, 0.29) is 24.6 Å². The van der Waals surface area contributed by atoms with Crippen molar-refractivity contribution in [3.63, 3.8) is 0 Å². The van der Waals surface area contributed by atoms with E-state index in [2.05, 4.69) is 4.98 Å². The van der Waals surface area contributed by atoms with Gasteiger partial charge in [-0.2, -0.15) is 0 Å². The number of rotatable bonds is 4. The third kappa shape index (κ3) is 3.08. The van der Waals surface area contributed by atoms with Gasteiger partial charge in [0.15, 0.2) is 11.5 Å². The van der Waals surface area contributed by atoms with Crippen LogP contribution in [0, 0.1) is 0 Å². The summed E-state index contributed by atoms with van der Waals surface area (Å²) >= 11 is 0. The summed E-state index contributed by atoms with van der Waals surface area (Å²) in [5.41, 5.74) is 2.12. The van der Waals surface area contributed by atoms with Gasteiger partial charge in [-0.05, 0) is 12.1 Å². The lowest BCUT2D eigenvalue weighted by atomic mass is 10.1. The van der Waals surface area contributed by atoms with Crippen LogP contribution in [-0.4, -0.2) is 44.5 Å². The average molecular weight is 346 g/mol. The van der Waals surface area contributed by atoms with Crippen molar-refractivity contribution in [3.05, 3.63) is 35.4 Å². The Hall–Kier alpha value is -2.87. The van der Waals surface area contributed by atoms with Crippen LogP contribution in [0.1, 0.15) is 12.8 Å². The summed E-state index contributed by atoms with van der Waals surface area (Å²) in [6, 6.07) is 5.31. The van der Waals surface area contributed by atoms with Gasteiger partial charge in [0, 0.05) is 18.2 Å². The van der Waals surface area contributed by atoms with Crippen molar-refractivity contribution in [2.75, 3.05) is 32.5 Å². The minimum Gasteiger partial charge on any atom is -0.466 e. The molecule has 0 fully saturated rings. The first kappa shape index (κ1) is 17.0. The predicted octanol–water partition coefficient (Wildman–Crippen LogP) is 1.78. The van der Waals surface area contributed by atoms with Crippen molar-refractivity contribution in [2.45, 2.75) is 13.3 Å². The molecule has 0 saturated carbocycles. The van der Waals surface area contributed by atoms with E-state index in [9.17, 15) is 9.59 Å². The van der Waals surface area contributed by atoms with Gasteiger partial charge in [0.05, 0.1) is 26.4 Å². The van der Waals surface area contributed by atoms with Gasteiger partial charge < -0.3 is 23.5 Å². The molecule has 8 heteroatoms. The van der Waals surface area contributed by atoms with Crippen LogP contribution < -0.4 is 4.90 Å². The summed E-state index contributed by atoms with van der Waals surface area (Å²) in [5.74, 6) is -0.657. The van der Waals surface area contributed by atoms with Gasteiger partial charge in [-0.25, -0.2) is 14.6 Å². The maximum Gasteiger partial charge on any atom is 0.355 e. The van der Waals surface area contributed by atoms with Crippen LogP contribution in [0.4, 0.5) is 5.69 Å². The smallest absolute Gasteiger partial charge is 0.355 e. The highest BCUT2D eigenvalue weighted by atomic mass is 16.5. The van der Waals surface area contributed by atoms with Crippen molar-refractivity contribution in [1.82, 2.24) is 4.98 Å². The number of carbonyl (C=O) groups is 2. The number of oxazole rings is 1. The molecule has 1 aromatic carbocycles. The van der Waals surface area contributed by atoms with Crippen LogP contribution in [0.5, 0.6) is 0 Å². The monoisotopic (exact) mass is 346 g/mol. The van der Waals surface area contributed by atoms with Gasteiger partial charge in [-0.15, -0.1) is 0 Å². The molecule has 0 unspecified atom stereocenters. The first-order valence-electron chi connectivity index (χ1n) is 7.73. The molecule has 1 aliphatic heterocycles. The lowest BCUT2D eigenvalue weighted by Gasteiger charge is -2.31. The zero-order valence-electron chi connectivity index (χ0n) is 14.2. The highest BCUT2D eigenvalue weighted by molar-refractivity contribution is 6.03. The van der Waals surface area contributed by atoms with Gasteiger partial charge in [0.1, 0.15) is 17.9 Å². The third-order valence-electron chi connectivity index (χ3n) is 3.86. The van der Waals surface area contributed by atoms with Crippen LogP contribution in [0.3, 0.4) is 0 Å². The fraction of sp³-hybridized carbons (Fsp3) is 0.353. The SMILES string of the molecule is CCc1nc2ccc(N3COCC(C(=O)OC)=C3C(=O)OC)cc2o1. The topological polar surface area (TPSA) is 91.1 Å². The fourth-order valence-corrected chi connectivity index (χ4v) is 2.63. The number of methoxy groups -OCH3 is 2. The molecule has 8 nitrogen and oxygen atoms in total. The molecule has 0 amide bonds. The van der Waals surface area contributed by atoms with Crippen molar-refractivity contribution in [2.24, 2.45) is 0 Å². The van der Waals surface area contributed by atoms with E-state index < -0.39 is 11.9 Å². The van der Waals surface area contributed by atoms with Crippen LogP contribution in [-0.2, 0) is 30.2 Å². The number of ether oxygens (including phenoxy) is 3. The number of fused-ring (bicyclic) bond motifs is 1. The van der Waals surface area contributed by atoms with Gasteiger partial charge in [-0.3, -0.25) is 0 Å². The van der Waals surface area contributed by atoms with E-state index in [1.165, 1.54) is 14.2 Å². The molecule has 0 atom stereocenters. The highest BCUT2D eigenvalue weighted by Gasteiger charge is 2.32. The van der Waals surface area contributed by atoms with Gasteiger partial charge in [-0.1, -0.05) is 6.92 Å². The Morgan fingerprint density at radius 1 is 1.24 bits per heavy atom. The van der Waals surface area contributed by atoms with Crippen LogP contribution >= 0.6 is 0 Å². The van der Waals surface area contributed by atoms with E-state index >= 15 is 0 Å². The summed E-state index contributed by atoms with van der Waals surface area (Å²) in [4.78, 5) is 30.2. The number of carbonyl (C=O) groups excluding carboxylic acids is 2. The fourth-order valence-electron chi connectivity index (χ4n) is 2.63. The second kappa shape index (κ2) is 6.94. The molecule has 1 aliphatic rings. The number of hydrogen-bond acceptors (Lipinski definition) is 8. The number of esters is 2. The van der Waals surface area contributed by atoms with Gasteiger partial charge >= 0.3 is 11.9 Å². The van der Waals surface area contributed by atoms with E-state index in [4.69, 9.17) is 18.6 Å². The maximum atomic E-state index is 12.3. The van der Waals surface area contributed by atoms with Crippen molar-refractivity contribution < 1.29 is 28.2 Å². The first-order valence-corrected chi connectivity index (χ1v) is 7.73. The molecule has 3 rings (SSSR count). The van der Waals surface area contributed by atoms with E-state index in [0.29, 0.717) is 23.6 Å². The molecule has 0 saturated heterocycles. The zero-order chi connectivity index (χ0) is 18.0. The number of anilines is 1. The van der Waals surface area contributed by atoms with Crippen molar-refractivity contribution >= 4 is 28.7 Å². The van der Waals surface area contributed by atoms with Gasteiger partial charge in [0.25, 0.3) is 0 Å². The number of nitrogens with zero attached hydrogens (tertiary/aromatic N) is 2. The number of hydrogen-bond donors (Lipinski definition) is 0. The first-order chi connectivity index (χ1) is 12.1. The summed E-state index contributed by atoms with van der Waals surface area (Å²) in [7, 11) is 2.50. The van der Waals surface area contributed by atoms with Crippen molar-refractivity contribution in [3.8, 4) is 0 Å². The maximum absolute atomic E-state index is 12.3. The standard InChI is InChI=1S/C17H18N2O6/c1-4-14-18-12-6-5-10(7-13(12)25-14)19-9-24-8-11(16(20)22-2)15(19)17(21)23-3/h5-7H,4,8-9H2,1-3H3. The van der Waals surface area contributed by atoms with Crippen LogP contribution in [0.2, 0.25) is 0 Å². The lowest BCUT2D eigenvalue weighted by molar-refractivity contribution is -0.140. The molecular formula is C17H18N2O6.